The molecule has 144 valence electrons. The molecule has 0 N–H and O–H groups in total. The van der Waals surface area contributed by atoms with Gasteiger partial charge in [0.2, 0.25) is 6.33 Å². The molecule has 0 spiro atoms. The van der Waals surface area contributed by atoms with E-state index < -0.39 is 0 Å². The number of rotatable bonds is 6. The fraction of sp³-hybridized carbons (Fsp3) is 0.320. The van der Waals surface area contributed by atoms with E-state index in [1.807, 2.05) is 0 Å². The van der Waals surface area contributed by atoms with Gasteiger partial charge in [0.15, 0.2) is 11.0 Å². The molecule has 1 heterocycles. The maximum Gasteiger partial charge on any atom is 0.244 e. The third-order valence-electron chi connectivity index (χ3n) is 5.98. The van der Waals surface area contributed by atoms with Gasteiger partial charge in [0.1, 0.15) is 0 Å². The topological polar surface area (TPSA) is 8.81 Å². The first-order valence-corrected chi connectivity index (χ1v) is 10.4. The number of halogens is 1. The van der Waals surface area contributed by atoms with Crippen molar-refractivity contribution in [3.8, 4) is 0 Å². The molecule has 0 aliphatic carbocycles. The minimum Gasteiger partial charge on any atom is -1.00 e. The standard InChI is InChI=1S/C25H27N2.BrH/c1-3-5-15-26-17-27(16-6-4-2)25-21-12-8-10-19-14-13-18-9-7-11-20(24(25)26)22(18)23(19)21;/h7-14,17H,3-6,15-16H2,1-2H3;1H/q+1;/p-1. The Hall–Kier alpha value is -2.13. The van der Waals surface area contributed by atoms with Gasteiger partial charge in [0.25, 0.3) is 0 Å². The van der Waals surface area contributed by atoms with Gasteiger partial charge < -0.3 is 17.0 Å². The lowest BCUT2D eigenvalue weighted by Crippen LogP contribution is -3.00. The van der Waals surface area contributed by atoms with E-state index in [4.69, 9.17) is 0 Å². The zero-order valence-electron chi connectivity index (χ0n) is 16.7. The number of aromatic nitrogens is 2. The van der Waals surface area contributed by atoms with Crippen molar-refractivity contribution in [2.45, 2.75) is 52.6 Å². The maximum atomic E-state index is 2.51. The first kappa shape index (κ1) is 19.2. The molecular formula is C25H27BrN2. The van der Waals surface area contributed by atoms with Crippen LogP contribution in [-0.4, -0.2) is 4.57 Å². The lowest BCUT2D eigenvalue weighted by molar-refractivity contribution is -0.671. The monoisotopic (exact) mass is 434 g/mol. The van der Waals surface area contributed by atoms with Crippen molar-refractivity contribution in [3.05, 3.63) is 54.9 Å². The number of fused-ring (bicyclic) bond motifs is 3. The minimum absolute atomic E-state index is 0. The van der Waals surface area contributed by atoms with E-state index in [2.05, 4.69) is 77.8 Å². The largest absolute Gasteiger partial charge is 1.00 e. The molecule has 0 atom stereocenters. The molecular weight excluding hydrogens is 408 g/mol. The van der Waals surface area contributed by atoms with E-state index in [0.29, 0.717) is 0 Å². The second-order valence-corrected chi connectivity index (χ2v) is 7.78. The molecule has 0 saturated heterocycles. The summed E-state index contributed by atoms with van der Waals surface area (Å²) >= 11 is 0. The highest BCUT2D eigenvalue weighted by molar-refractivity contribution is 6.31. The summed E-state index contributed by atoms with van der Waals surface area (Å²) in [6.45, 7) is 6.73. The van der Waals surface area contributed by atoms with E-state index in [9.17, 15) is 0 Å². The lowest BCUT2D eigenvalue weighted by Gasteiger charge is -2.11. The van der Waals surface area contributed by atoms with Crippen molar-refractivity contribution >= 4 is 43.4 Å². The highest BCUT2D eigenvalue weighted by Gasteiger charge is 2.23. The number of nitrogens with zero attached hydrogens (tertiary/aromatic N) is 2. The summed E-state index contributed by atoms with van der Waals surface area (Å²) in [5.41, 5.74) is 2.83. The Morgan fingerprint density at radius 2 is 1.43 bits per heavy atom. The molecule has 3 heteroatoms. The average Bonchev–Trinajstić information content (AvgIpc) is 3.08. The van der Waals surface area contributed by atoms with Crippen LogP contribution in [0.4, 0.5) is 0 Å². The van der Waals surface area contributed by atoms with Crippen molar-refractivity contribution in [1.29, 1.82) is 0 Å². The quantitative estimate of drug-likeness (QED) is 0.286. The second kappa shape index (κ2) is 7.71. The predicted octanol–water partition coefficient (Wildman–Crippen LogP) is 3.43. The highest BCUT2D eigenvalue weighted by atomic mass is 79.9. The Balaban J connectivity index is 0.00000192. The van der Waals surface area contributed by atoms with Crippen LogP contribution in [0.15, 0.2) is 54.9 Å². The SMILES string of the molecule is CCCCn1c[n+](CCCC)c2c3cccc4ccc5cccc(c5c43)c21.[Br-]. The Bertz CT molecular complexity index is 1160. The molecule has 0 aliphatic heterocycles. The number of hydrogen-bond donors (Lipinski definition) is 0. The Morgan fingerprint density at radius 3 is 2.11 bits per heavy atom. The first-order valence-electron chi connectivity index (χ1n) is 10.4. The van der Waals surface area contributed by atoms with Crippen LogP contribution in [0.3, 0.4) is 0 Å². The van der Waals surface area contributed by atoms with Crippen molar-refractivity contribution < 1.29 is 21.5 Å². The van der Waals surface area contributed by atoms with Crippen LogP contribution < -0.4 is 21.5 Å². The van der Waals surface area contributed by atoms with E-state index in [-0.39, 0.29) is 17.0 Å². The molecule has 2 nitrogen and oxygen atoms in total. The molecule has 4 aromatic carbocycles. The van der Waals surface area contributed by atoms with Crippen LogP contribution in [0.1, 0.15) is 39.5 Å². The van der Waals surface area contributed by atoms with Gasteiger partial charge in [-0.25, -0.2) is 9.13 Å². The summed E-state index contributed by atoms with van der Waals surface area (Å²) in [5, 5.41) is 8.35. The smallest absolute Gasteiger partial charge is 0.244 e. The van der Waals surface area contributed by atoms with Crippen LogP contribution in [0, 0.1) is 0 Å². The van der Waals surface area contributed by atoms with Gasteiger partial charge in [-0.2, -0.15) is 0 Å². The molecule has 0 radical (unpaired) electrons. The number of unbranched alkanes of at least 4 members (excludes halogenated alkanes) is 2. The van der Waals surface area contributed by atoms with Crippen LogP contribution >= 0.6 is 0 Å². The zero-order chi connectivity index (χ0) is 18.4. The fourth-order valence-electron chi connectivity index (χ4n) is 4.67. The number of aryl methyl sites for hydroxylation is 2. The van der Waals surface area contributed by atoms with E-state index >= 15 is 0 Å². The van der Waals surface area contributed by atoms with Gasteiger partial charge in [-0.3, -0.25) is 0 Å². The fourth-order valence-corrected chi connectivity index (χ4v) is 4.67. The molecule has 5 aromatic rings. The number of imidazole rings is 1. The molecule has 0 amide bonds. The molecule has 0 fully saturated rings. The third kappa shape index (κ3) is 2.79. The van der Waals surface area contributed by atoms with E-state index in [1.165, 1.54) is 69.0 Å². The number of benzene rings is 4. The molecule has 0 unspecified atom stereocenters. The van der Waals surface area contributed by atoms with Crippen molar-refractivity contribution in [2.75, 3.05) is 0 Å². The molecule has 28 heavy (non-hydrogen) atoms. The second-order valence-electron chi connectivity index (χ2n) is 7.78. The molecule has 0 aliphatic rings. The van der Waals surface area contributed by atoms with Crippen LogP contribution in [0.2, 0.25) is 0 Å². The summed E-state index contributed by atoms with van der Waals surface area (Å²) in [4.78, 5) is 0. The summed E-state index contributed by atoms with van der Waals surface area (Å²) in [7, 11) is 0. The summed E-state index contributed by atoms with van der Waals surface area (Å²) in [5.74, 6) is 0. The molecule has 5 rings (SSSR count). The van der Waals surface area contributed by atoms with Crippen LogP contribution in [0.25, 0.3) is 43.4 Å². The van der Waals surface area contributed by atoms with E-state index in [1.54, 1.807) is 0 Å². The van der Waals surface area contributed by atoms with Gasteiger partial charge in [-0.15, -0.1) is 0 Å². The Kier molecular flexibility index (Phi) is 5.29. The Morgan fingerprint density at radius 1 is 0.786 bits per heavy atom. The van der Waals surface area contributed by atoms with Crippen LogP contribution in [-0.2, 0) is 13.1 Å². The van der Waals surface area contributed by atoms with Gasteiger partial charge in [0.05, 0.1) is 13.1 Å². The van der Waals surface area contributed by atoms with Crippen LogP contribution in [0.5, 0.6) is 0 Å². The summed E-state index contributed by atoms with van der Waals surface area (Å²) in [6.07, 6.45) is 7.25. The Labute approximate surface area is 176 Å². The minimum atomic E-state index is 0. The summed E-state index contributed by atoms with van der Waals surface area (Å²) < 4.78 is 5.02. The number of hydrogen-bond acceptors (Lipinski definition) is 0. The molecule has 1 aromatic heterocycles. The van der Waals surface area contributed by atoms with Gasteiger partial charge in [-0.1, -0.05) is 63.1 Å². The zero-order valence-corrected chi connectivity index (χ0v) is 18.3. The normalized spacial score (nSPS) is 11.8. The average molecular weight is 435 g/mol. The summed E-state index contributed by atoms with van der Waals surface area (Å²) in [6, 6.07) is 18.1. The van der Waals surface area contributed by atoms with Gasteiger partial charge >= 0.3 is 0 Å². The maximum absolute atomic E-state index is 2.51. The van der Waals surface area contributed by atoms with Crippen molar-refractivity contribution in [1.82, 2.24) is 4.57 Å². The van der Waals surface area contributed by atoms with Crippen molar-refractivity contribution in [2.24, 2.45) is 0 Å². The lowest BCUT2D eigenvalue weighted by atomic mass is 9.93. The predicted molar refractivity (Wildman–Crippen MR) is 116 cm³/mol. The first-order chi connectivity index (χ1) is 13.3. The highest BCUT2D eigenvalue weighted by Crippen LogP contribution is 2.39. The third-order valence-corrected chi connectivity index (χ3v) is 5.98. The van der Waals surface area contributed by atoms with E-state index in [0.717, 1.165) is 13.1 Å². The van der Waals surface area contributed by atoms with Gasteiger partial charge in [-0.05, 0) is 35.7 Å². The molecule has 0 bridgehead atoms. The van der Waals surface area contributed by atoms with Crippen molar-refractivity contribution in [3.63, 3.8) is 0 Å². The molecule has 0 saturated carbocycles. The van der Waals surface area contributed by atoms with Gasteiger partial charge in [0, 0.05) is 21.5 Å².